The Hall–Kier alpha value is -3.35. The van der Waals surface area contributed by atoms with Gasteiger partial charge in [0.2, 0.25) is 0 Å². The molecule has 0 heterocycles. The summed E-state index contributed by atoms with van der Waals surface area (Å²) in [5.41, 5.74) is 3.32. The monoisotopic (exact) mass is 425 g/mol. The van der Waals surface area contributed by atoms with Crippen LogP contribution in [0, 0.1) is 12.8 Å². The average Bonchev–Trinajstić information content (AvgIpc) is 2.74. The Morgan fingerprint density at radius 1 is 1.00 bits per heavy atom. The van der Waals surface area contributed by atoms with Crippen molar-refractivity contribution in [3.05, 3.63) is 65.2 Å². The number of benzene rings is 2. The number of hydrogen-bond donors (Lipinski definition) is 2. The summed E-state index contributed by atoms with van der Waals surface area (Å²) in [6.07, 6.45) is 0. The predicted molar refractivity (Wildman–Crippen MR) is 121 cm³/mol. The van der Waals surface area contributed by atoms with Crippen molar-refractivity contribution in [3.8, 4) is 0 Å². The molecule has 0 aliphatic carbocycles. The molecule has 0 aromatic heterocycles. The molecule has 2 N–H and O–H groups in total. The lowest BCUT2D eigenvalue weighted by Crippen LogP contribution is -2.46. The molecular formula is C24H31N3O4. The third-order valence-corrected chi connectivity index (χ3v) is 4.88. The van der Waals surface area contributed by atoms with Crippen LogP contribution in [0.5, 0.6) is 0 Å². The number of anilines is 1. The Bertz CT molecular complexity index is 907. The van der Waals surface area contributed by atoms with E-state index >= 15 is 0 Å². The lowest BCUT2D eigenvalue weighted by atomic mass is 10.0. The van der Waals surface area contributed by atoms with Gasteiger partial charge in [0.05, 0.1) is 0 Å². The number of carbonyl (C=O) groups is 3. The van der Waals surface area contributed by atoms with Gasteiger partial charge in [-0.25, -0.2) is 4.79 Å². The van der Waals surface area contributed by atoms with Crippen LogP contribution in [0.25, 0.3) is 0 Å². The van der Waals surface area contributed by atoms with E-state index in [-0.39, 0.29) is 11.8 Å². The second kappa shape index (κ2) is 11.2. The molecule has 0 saturated carbocycles. The summed E-state index contributed by atoms with van der Waals surface area (Å²) < 4.78 is 5.16. The lowest BCUT2D eigenvalue weighted by molar-refractivity contribution is -0.151. The summed E-state index contributed by atoms with van der Waals surface area (Å²) >= 11 is 0. The lowest BCUT2D eigenvalue weighted by Gasteiger charge is -2.21. The molecule has 1 atom stereocenters. The minimum atomic E-state index is -0.849. The van der Waals surface area contributed by atoms with E-state index in [4.69, 9.17) is 4.74 Å². The SMILES string of the molecule is Cc1ccccc1C(=O)N[C@H](C(=O)OCC(=O)NCc1ccc(N(C)C)cc1)C(C)C. The van der Waals surface area contributed by atoms with Crippen molar-refractivity contribution < 1.29 is 19.1 Å². The van der Waals surface area contributed by atoms with Gasteiger partial charge in [-0.1, -0.05) is 44.2 Å². The summed E-state index contributed by atoms with van der Waals surface area (Å²) in [7, 11) is 3.91. The summed E-state index contributed by atoms with van der Waals surface area (Å²) in [5.74, 6) is -1.58. The number of rotatable bonds is 9. The quantitative estimate of drug-likeness (QED) is 0.603. The third-order valence-electron chi connectivity index (χ3n) is 4.88. The molecule has 2 rings (SSSR count). The van der Waals surface area contributed by atoms with Gasteiger partial charge in [0.25, 0.3) is 11.8 Å². The Morgan fingerprint density at radius 3 is 2.23 bits per heavy atom. The molecule has 0 bridgehead atoms. The first-order chi connectivity index (χ1) is 14.7. The molecule has 0 fully saturated rings. The maximum absolute atomic E-state index is 12.5. The van der Waals surface area contributed by atoms with Crippen molar-refractivity contribution >= 4 is 23.5 Å². The van der Waals surface area contributed by atoms with Crippen molar-refractivity contribution in [2.45, 2.75) is 33.4 Å². The molecule has 0 aliphatic rings. The molecule has 0 unspecified atom stereocenters. The fraction of sp³-hybridized carbons (Fsp3) is 0.375. The van der Waals surface area contributed by atoms with Gasteiger partial charge in [0, 0.05) is 31.9 Å². The van der Waals surface area contributed by atoms with Gasteiger partial charge >= 0.3 is 5.97 Å². The van der Waals surface area contributed by atoms with Crippen LogP contribution >= 0.6 is 0 Å². The second-order valence-corrected chi connectivity index (χ2v) is 7.96. The first-order valence-electron chi connectivity index (χ1n) is 10.2. The van der Waals surface area contributed by atoms with Gasteiger partial charge in [-0.05, 0) is 42.2 Å². The van der Waals surface area contributed by atoms with E-state index in [0.717, 1.165) is 16.8 Å². The molecule has 0 spiro atoms. The first-order valence-corrected chi connectivity index (χ1v) is 10.2. The van der Waals surface area contributed by atoms with Crippen molar-refractivity contribution in [3.63, 3.8) is 0 Å². The number of hydrogen-bond acceptors (Lipinski definition) is 5. The zero-order valence-corrected chi connectivity index (χ0v) is 18.8. The molecule has 166 valence electrons. The minimum Gasteiger partial charge on any atom is -0.454 e. The number of carbonyl (C=O) groups excluding carboxylic acids is 3. The van der Waals surface area contributed by atoms with Crippen molar-refractivity contribution in [1.82, 2.24) is 10.6 Å². The molecule has 0 saturated heterocycles. The fourth-order valence-electron chi connectivity index (χ4n) is 2.93. The molecule has 31 heavy (non-hydrogen) atoms. The number of aryl methyl sites for hydroxylation is 1. The van der Waals surface area contributed by atoms with Gasteiger partial charge in [-0.15, -0.1) is 0 Å². The molecule has 0 aliphatic heterocycles. The van der Waals surface area contributed by atoms with Crippen LogP contribution < -0.4 is 15.5 Å². The van der Waals surface area contributed by atoms with Crippen LogP contribution in [0.4, 0.5) is 5.69 Å². The largest absolute Gasteiger partial charge is 0.454 e. The number of ether oxygens (including phenoxy) is 1. The summed E-state index contributed by atoms with van der Waals surface area (Å²) in [5, 5.41) is 5.45. The van der Waals surface area contributed by atoms with Gasteiger partial charge < -0.3 is 20.3 Å². The van der Waals surface area contributed by atoms with Gasteiger partial charge in [0.15, 0.2) is 6.61 Å². The van der Waals surface area contributed by atoms with E-state index in [0.29, 0.717) is 12.1 Å². The molecule has 7 heteroatoms. The highest BCUT2D eigenvalue weighted by molar-refractivity contribution is 5.98. The van der Waals surface area contributed by atoms with Gasteiger partial charge in [-0.2, -0.15) is 0 Å². The zero-order valence-electron chi connectivity index (χ0n) is 18.8. The zero-order chi connectivity index (χ0) is 23.0. The van der Waals surface area contributed by atoms with Crippen LogP contribution in [0.15, 0.2) is 48.5 Å². The smallest absolute Gasteiger partial charge is 0.329 e. The molecule has 7 nitrogen and oxygen atoms in total. The van der Waals surface area contributed by atoms with Crippen LogP contribution in [-0.2, 0) is 20.9 Å². The summed E-state index contributed by atoms with van der Waals surface area (Å²) in [6, 6.07) is 14.1. The Kier molecular flexibility index (Phi) is 8.61. The number of amides is 2. The van der Waals surface area contributed by atoms with Crippen LogP contribution in [0.1, 0.15) is 35.3 Å². The molecular weight excluding hydrogens is 394 g/mol. The Labute approximate surface area is 183 Å². The standard InChI is InChI=1S/C24H31N3O4/c1-16(2)22(26-23(29)20-9-7-6-8-17(20)3)24(30)31-15-21(28)25-14-18-10-12-19(13-11-18)27(4)5/h6-13,16,22H,14-15H2,1-5H3,(H,25,28)(H,26,29)/t22-/m0/s1. The number of nitrogens with zero attached hydrogens (tertiary/aromatic N) is 1. The Morgan fingerprint density at radius 2 is 1.65 bits per heavy atom. The van der Waals surface area contributed by atoms with Crippen LogP contribution in [0.3, 0.4) is 0 Å². The van der Waals surface area contributed by atoms with Gasteiger partial charge in [0.1, 0.15) is 6.04 Å². The number of nitrogens with one attached hydrogen (secondary N) is 2. The van der Waals surface area contributed by atoms with Crippen molar-refractivity contribution in [1.29, 1.82) is 0 Å². The van der Waals surface area contributed by atoms with Crippen molar-refractivity contribution in [2.24, 2.45) is 5.92 Å². The molecule has 2 aromatic carbocycles. The highest BCUT2D eigenvalue weighted by Gasteiger charge is 2.27. The van der Waals surface area contributed by atoms with E-state index in [1.165, 1.54) is 0 Å². The topological polar surface area (TPSA) is 87.7 Å². The van der Waals surface area contributed by atoms with E-state index in [1.54, 1.807) is 12.1 Å². The predicted octanol–water partition coefficient (Wildman–Crippen LogP) is 2.68. The summed E-state index contributed by atoms with van der Waals surface area (Å²) in [6.45, 7) is 5.37. The molecule has 0 radical (unpaired) electrons. The maximum Gasteiger partial charge on any atom is 0.329 e. The van der Waals surface area contributed by atoms with E-state index in [9.17, 15) is 14.4 Å². The molecule has 2 aromatic rings. The second-order valence-electron chi connectivity index (χ2n) is 7.96. The third kappa shape index (κ3) is 7.13. The molecule has 2 amide bonds. The minimum absolute atomic E-state index is 0.196. The van der Waals surface area contributed by atoms with E-state index in [2.05, 4.69) is 10.6 Å². The van der Waals surface area contributed by atoms with E-state index < -0.39 is 24.5 Å². The van der Waals surface area contributed by atoms with Crippen molar-refractivity contribution in [2.75, 3.05) is 25.6 Å². The van der Waals surface area contributed by atoms with Gasteiger partial charge in [-0.3, -0.25) is 9.59 Å². The first kappa shape index (κ1) is 23.9. The highest BCUT2D eigenvalue weighted by atomic mass is 16.5. The fourth-order valence-corrected chi connectivity index (χ4v) is 2.93. The maximum atomic E-state index is 12.5. The van der Waals surface area contributed by atoms with Crippen LogP contribution in [0.2, 0.25) is 0 Å². The highest BCUT2D eigenvalue weighted by Crippen LogP contribution is 2.12. The van der Waals surface area contributed by atoms with E-state index in [1.807, 2.05) is 76.2 Å². The van der Waals surface area contributed by atoms with Crippen LogP contribution in [-0.4, -0.2) is 44.5 Å². The summed E-state index contributed by atoms with van der Waals surface area (Å²) in [4.78, 5) is 39.1. The number of esters is 1. The Balaban J connectivity index is 1.85. The normalized spacial score (nSPS) is 11.5. The average molecular weight is 426 g/mol.